The normalized spacial score (nSPS) is 23.7. The number of piperidine rings is 1. The van der Waals surface area contributed by atoms with Gasteiger partial charge in [-0.05, 0) is 31.3 Å². The van der Waals surface area contributed by atoms with Crippen molar-refractivity contribution >= 4 is 5.91 Å². The average Bonchev–Trinajstić information content (AvgIpc) is 2.21. The van der Waals surface area contributed by atoms with E-state index in [1.165, 1.54) is 19.3 Å². The lowest BCUT2D eigenvalue weighted by atomic mass is 9.78. The summed E-state index contributed by atoms with van der Waals surface area (Å²) in [5, 5.41) is 0. The van der Waals surface area contributed by atoms with Crippen LogP contribution in [0.5, 0.6) is 0 Å². The second-order valence-corrected chi connectivity index (χ2v) is 4.97. The molecule has 0 radical (unpaired) electrons. The van der Waals surface area contributed by atoms with Crippen molar-refractivity contribution in [3.8, 4) is 0 Å². The summed E-state index contributed by atoms with van der Waals surface area (Å²) >= 11 is 0. The van der Waals surface area contributed by atoms with E-state index in [-0.39, 0.29) is 0 Å². The Morgan fingerprint density at radius 1 is 1.47 bits per heavy atom. The molecule has 0 aromatic rings. The number of nitrogens with two attached hydrogens (primary N) is 2. The number of rotatable bonds is 4. The van der Waals surface area contributed by atoms with E-state index in [1.807, 2.05) is 0 Å². The van der Waals surface area contributed by atoms with E-state index in [2.05, 4.69) is 18.7 Å². The molecule has 4 heteroatoms. The summed E-state index contributed by atoms with van der Waals surface area (Å²) in [6.45, 7) is 7.24. The van der Waals surface area contributed by atoms with Crippen molar-refractivity contribution in [3.63, 3.8) is 0 Å². The quantitative estimate of drug-likeness (QED) is 0.706. The fourth-order valence-corrected chi connectivity index (χ4v) is 2.00. The van der Waals surface area contributed by atoms with Gasteiger partial charge in [0.05, 0.1) is 6.04 Å². The van der Waals surface area contributed by atoms with E-state index >= 15 is 0 Å². The van der Waals surface area contributed by atoms with Gasteiger partial charge in [0.2, 0.25) is 5.91 Å². The molecule has 4 nitrogen and oxygen atoms in total. The molecule has 15 heavy (non-hydrogen) atoms. The standard InChI is InChI=1S/C11H23N3O/c1-3-11(2)4-6-14(7-5-11)8-9(12)10(13)15/h9H,3-8,12H2,1-2H3,(H2,13,15). The number of amides is 1. The van der Waals surface area contributed by atoms with Crippen molar-refractivity contribution in [3.05, 3.63) is 0 Å². The van der Waals surface area contributed by atoms with Crippen molar-refractivity contribution in [2.24, 2.45) is 16.9 Å². The number of nitrogens with zero attached hydrogens (tertiary/aromatic N) is 1. The highest BCUT2D eigenvalue weighted by Gasteiger charge is 2.29. The largest absolute Gasteiger partial charge is 0.368 e. The second kappa shape index (κ2) is 4.94. The van der Waals surface area contributed by atoms with E-state index in [4.69, 9.17) is 11.5 Å². The number of carbonyl (C=O) groups excluding carboxylic acids is 1. The Bertz CT molecular complexity index is 222. The zero-order valence-corrected chi connectivity index (χ0v) is 9.83. The Hall–Kier alpha value is -0.610. The summed E-state index contributed by atoms with van der Waals surface area (Å²) in [5.41, 5.74) is 11.3. The van der Waals surface area contributed by atoms with Crippen LogP contribution in [0.3, 0.4) is 0 Å². The van der Waals surface area contributed by atoms with Crippen molar-refractivity contribution < 1.29 is 4.79 Å². The predicted octanol–water partition coefficient (Wildman–Crippen LogP) is 0.311. The minimum atomic E-state index is -0.518. The SMILES string of the molecule is CCC1(C)CCN(CC(N)C(N)=O)CC1. The molecule has 1 atom stereocenters. The van der Waals surface area contributed by atoms with Crippen molar-refractivity contribution in [2.45, 2.75) is 39.2 Å². The molecule has 0 spiro atoms. The maximum Gasteiger partial charge on any atom is 0.235 e. The van der Waals surface area contributed by atoms with Crippen LogP contribution in [0.1, 0.15) is 33.1 Å². The number of likely N-dealkylation sites (tertiary alicyclic amines) is 1. The average molecular weight is 213 g/mol. The summed E-state index contributed by atoms with van der Waals surface area (Å²) in [6, 6.07) is -0.518. The van der Waals surface area contributed by atoms with Crippen LogP contribution >= 0.6 is 0 Å². The number of primary amides is 1. The summed E-state index contributed by atoms with van der Waals surface area (Å²) in [5.74, 6) is -0.404. The van der Waals surface area contributed by atoms with E-state index in [0.717, 1.165) is 13.1 Å². The minimum absolute atomic E-state index is 0.404. The highest BCUT2D eigenvalue weighted by atomic mass is 16.1. The van der Waals surface area contributed by atoms with Crippen LogP contribution in [-0.2, 0) is 4.79 Å². The Kier molecular flexibility index (Phi) is 4.11. The lowest BCUT2D eigenvalue weighted by molar-refractivity contribution is -0.119. The van der Waals surface area contributed by atoms with Gasteiger partial charge in [0.1, 0.15) is 0 Å². The maximum absolute atomic E-state index is 10.8. The van der Waals surface area contributed by atoms with Gasteiger partial charge in [-0.15, -0.1) is 0 Å². The number of hydrogen-bond donors (Lipinski definition) is 2. The molecule has 1 unspecified atom stereocenters. The number of hydrogen-bond acceptors (Lipinski definition) is 3. The Balaban J connectivity index is 2.35. The molecular weight excluding hydrogens is 190 g/mol. The van der Waals surface area contributed by atoms with Crippen LogP contribution in [0.15, 0.2) is 0 Å². The fraction of sp³-hybridized carbons (Fsp3) is 0.909. The molecule has 1 heterocycles. The lowest BCUT2D eigenvalue weighted by Gasteiger charge is -2.39. The molecule has 0 aliphatic carbocycles. The second-order valence-electron chi connectivity index (χ2n) is 4.97. The topological polar surface area (TPSA) is 72.3 Å². The minimum Gasteiger partial charge on any atom is -0.368 e. The van der Waals surface area contributed by atoms with Crippen LogP contribution < -0.4 is 11.5 Å². The fourth-order valence-electron chi connectivity index (χ4n) is 2.00. The highest BCUT2D eigenvalue weighted by molar-refractivity contribution is 5.79. The molecule has 1 aliphatic rings. The van der Waals surface area contributed by atoms with Gasteiger partial charge in [0, 0.05) is 6.54 Å². The van der Waals surface area contributed by atoms with E-state index < -0.39 is 11.9 Å². The van der Waals surface area contributed by atoms with Gasteiger partial charge in [-0.25, -0.2) is 0 Å². The van der Waals surface area contributed by atoms with Gasteiger partial charge in [0.15, 0.2) is 0 Å². The molecule has 88 valence electrons. The molecule has 1 amide bonds. The van der Waals surface area contributed by atoms with Gasteiger partial charge in [-0.1, -0.05) is 20.3 Å². The van der Waals surface area contributed by atoms with Crippen LogP contribution in [0.2, 0.25) is 0 Å². The van der Waals surface area contributed by atoms with Crippen molar-refractivity contribution in [2.75, 3.05) is 19.6 Å². The van der Waals surface area contributed by atoms with E-state index in [0.29, 0.717) is 12.0 Å². The first kappa shape index (κ1) is 12.5. The van der Waals surface area contributed by atoms with Gasteiger partial charge < -0.3 is 16.4 Å². The van der Waals surface area contributed by atoms with Crippen molar-refractivity contribution in [1.29, 1.82) is 0 Å². The third-order valence-corrected chi connectivity index (χ3v) is 3.74. The molecule has 0 aromatic heterocycles. The van der Waals surface area contributed by atoms with E-state index in [9.17, 15) is 4.79 Å². The van der Waals surface area contributed by atoms with Crippen LogP contribution in [0.4, 0.5) is 0 Å². The summed E-state index contributed by atoms with van der Waals surface area (Å²) in [7, 11) is 0. The highest BCUT2D eigenvalue weighted by Crippen LogP contribution is 2.33. The van der Waals surface area contributed by atoms with Crippen LogP contribution in [0.25, 0.3) is 0 Å². The molecule has 0 bridgehead atoms. The van der Waals surface area contributed by atoms with Gasteiger partial charge in [-0.2, -0.15) is 0 Å². The molecular formula is C11H23N3O. The first-order valence-corrected chi connectivity index (χ1v) is 5.74. The third-order valence-electron chi connectivity index (χ3n) is 3.74. The lowest BCUT2D eigenvalue weighted by Crippen LogP contribution is -2.49. The summed E-state index contributed by atoms with van der Waals surface area (Å²) in [6.07, 6.45) is 3.60. The Morgan fingerprint density at radius 2 is 2.00 bits per heavy atom. The first-order chi connectivity index (χ1) is 6.97. The molecule has 1 fully saturated rings. The molecule has 0 saturated carbocycles. The smallest absolute Gasteiger partial charge is 0.235 e. The first-order valence-electron chi connectivity index (χ1n) is 5.74. The van der Waals surface area contributed by atoms with Gasteiger partial charge >= 0.3 is 0 Å². The van der Waals surface area contributed by atoms with Gasteiger partial charge in [-0.3, -0.25) is 4.79 Å². The zero-order chi connectivity index (χ0) is 11.5. The molecule has 1 saturated heterocycles. The van der Waals surface area contributed by atoms with E-state index in [1.54, 1.807) is 0 Å². The third kappa shape index (κ3) is 3.47. The molecule has 0 aromatic carbocycles. The van der Waals surface area contributed by atoms with Crippen LogP contribution in [0, 0.1) is 5.41 Å². The van der Waals surface area contributed by atoms with Crippen molar-refractivity contribution in [1.82, 2.24) is 4.90 Å². The summed E-state index contributed by atoms with van der Waals surface area (Å²) < 4.78 is 0. The molecule has 4 N–H and O–H groups in total. The Morgan fingerprint density at radius 3 is 2.40 bits per heavy atom. The molecule has 1 rings (SSSR count). The van der Waals surface area contributed by atoms with Crippen LogP contribution in [-0.4, -0.2) is 36.5 Å². The monoisotopic (exact) mass is 213 g/mol. The maximum atomic E-state index is 10.8. The number of carbonyl (C=O) groups is 1. The Labute approximate surface area is 92.0 Å². The molecule has 1 aliphatic heterocycles. The zero-order valence-electron chi connectivity index (χ0n) is 9.83. The van der Waals surface area contributed by atoms with Gasteiger partial charge in [0.25, 0.3) is 0 Å². The predicted molar refractivity (Wildman–Crippen MR) is 61.2 cm³/mol. The summed E-state index contributed by atoms with van der Waals surface area (Å²) in [4.78, 5) is 13.1.